The molecule has 1 amide bonds. The number of hydrogen-bond donors (Lipinski definition) is 3. The number of carbonyl (C=O) groups is 1. The second-order valence-corrected chi connectivity index (χ2v) is 6.65. The van der Waals surface area contributed by atoms with E-state index in [9.17, 15) is 4.79 Å². The molecule has 1 fully saturated rings. The molecule has 2 rings (SSSR count). The Morgan fingerprint density at radius 1 is 1.09 bits per heavy atom. The predicted octanol–water partition coefficient (Wildman–Crippen LogP) is 3.43. The number of rotatable bonds is 6. The lowest BCUT2D eigenvalue weighted by molar-refractivity contribution is -0.121. The van der Waals surface area contributed by atoms with Gasteiger partial charge >= 0.3 is 0 Å². The lowest BCUT2D eigenvalue weighted by Crippen LogP contribution is -2.46. The summed E-state index contributed by atoms with van der Waals surface area (Å²) in [5, 5.41) is 3.51. The summed E-state index contributed by atoms with van der Waals surface area (Å²) < 4.78 is 0. The molecule has 0 aliphatic heterocycles. The van der Waals surface area contributed by atoms with Gasteiger partial charge in [0, 0.05) is 13.0 Å². The predicted molar refractivity (Wildman–Crippen MR) is 97.6 cm³/mol. The van der Waals surface area contributed by atoms with E-state index in [1.807, 2.05) is 30.3 Å². The molecule has 0 unspecified atom stereocenters. The summed E-state index contributed by atoms with van der Waals surface area (Å²) in [6, 6.07) is 10.0. The van der Waals surface area contributed by atoms with Crippen LogP contribution in [0.5, 0.6) is 0 Å². The molecule has 1 aromatic rings. The summed E-state index contributed by atoms with van der Waals surface area (Å²) in [4.78, 5) is 11.8. The zero-order chi connectivity index (χ0) is 16.3. The third-order valence-corrected chi connectivity index (χ3v) is 4.60. The highest BCUT2D eigenvalue weighted by Gasteiger charge is 2.13. The second-order valence-electron chi connectivity index (χ2n) is 6.24. The van der Waals surface area contributed by atoms with Crippen LogP contribution in [-0.4, -0.2) is 11.0 Å². The highest BCUT2D eigenvalue weighted by molar-refractivity contribution is 7.80. The minimum Gasteiger partial charge on any atom is -0.357 e. The molecule has 0 heterocycles. The van der Waals surface area contributed by atoms with Crippen LogP contribution in [0.15, 0.2) is 30.3 Å². The summed E-state index contributed by atoms with van der Waals surface area (Å²) in [5.41, 5.74) is 6.57. The van der Waals surface area contributed by atoms with Crippen LogP contribution in [0.4, 0.5) is 0 Å². The molecule has 0 saturated heterocycles. The highest BCUT2D eigenvalue weighted by atomic mass is 32.1. The van der Waals surface area contributed by atoms with Crippen LogP contribution in [0, 0.1) is 5.92 Å². The second kappa shape index (κ2) is 10.2. The molecule has 1 aliphatic carbocycles. The van der Waals surface area contributed by atoms with Gasteiger partial charge in [0.25, 0.3) is 0 Å². The molecule has 0 bridgehead atoms. The number of carbonyl (C=O) groups excluding carboxylic acids is 1. The van der Waals surface area contributed by atoms with E-state index in [0.29, 0.717) is 18.1 Å². The van der Waals surface area contributed by atoms with Gasteiger partial charge in [0.2, 0.25) is 5.91 Å². The van der Waals surface area contributed by atoms with Crippen LogP contribution in [-0.2, 0) is 11.3 Å². The summed E-state index contributed by atoms with van der Waals surface area (Å²) in [6.07, 6.45) is 9.48. The number of hydrogen-bond acceptors (Lipinski definition) is 2. The van der Waals surface area contributed by atoms with Crippen LogP contribution < -0.4 is 16.2 Å². The van der Waals surface area contributed by atoms with Gasteiger partial charge in [0.05, 0.1) is 0 Å². The summed E-state index contributed by atoms with van der Waals surface area (Å²) in [5.74, 6) is 0.836. The van der Waals surface area contributed by atoms with Crippen molar-refractivity contribution in [1.82, 2.24) is 16.2 Å². The molecule has 1 saturated carbocycles. The van der Waals surface area contributed by atoms with E-state index in [1.54, 1.807) is 0 Å². The van der Waals surface area contributed by atoms with E-state index in [4.69, 9.17) is 12.2 Å². The van der Waals surface area contributed by atoms with Crippen molar-refractivity contribution in [2.75, 3.05) is 0 Å². The Morgan fingerprint density at radius 3 is 2.57 bits per heavy atom. The number of benzene rings is 1. The largest absolute Gasteiger partial charge is 0.357 e. The van der Waals surface area contributed by atoms with Gasteiger partial charge in [-0.25, -0.2) is 0 Å². The molecule has 126 valence electrons. The van der Waals surface area contributed by atoms with Crippen molar-refractivity contribution in [2.45, 2.75) is 57.9 Å². The maximum absolute atomic E-state index is 11.8. The van der Waals surface area contributed by atoms with Gasteiger partial charge in [-0.05, 0) is 36.5 Å². The Hall–Kier alpha value is -1.62. The Bertz CT molecular complexity index is 486. The van der Waals surface area contributed by atoms with E-state index < -0.39 is 0 Å². The average molecular weight is 334 g/mol. The number of thiocarbonyl (C=S) groups is 1. The van der Waals surface area contributed by atoms with E-state index >= 15 is 0 Å². The lowest BCUT2D eigenvalue weighted by Gasteiger charge is -2.21. The maximum atomic E-state index is 11.8. The molecular weight excluding hydrogens is 306 g/mol. The van der Waals surface area contributed by atoms with Gasteiger partial charge in [-0.3, -0.25) is 15.6 Å². The zero-order valence-corrected chi connectivity index (χ0v) is 14.5. The topological polar surface area (TPSA) is 53.2 Å². The van der Waals surface area contributed by atoms with Crippen molar-refractivity contribution in [3.63, 3.8) is 0 Å². The Morgan fingerprint density at radius 2 is 1.83 bits per heavy atom. The van der Waals surface area contributed by atoms with Crippen molar-refractivity contribution in [2.24, 2.45) is 5.92 Å². The Balaban J connectivity index is 1.52. The van der Waals surface area contributed by atoms with Crippen LogP contribution in [0.1, 0.15) is 56.9 Å². The number of hydrazine groups is 1. The Labute approximate surface area is 144 Å². The lowest BCUT2D eigenvalue weighted by atomic mass is 9.86. The fraction of sp³-hybridized carbons (Fsp3) is 0.556. The van der Waals surface area contributed by atoms with Crippen molar-refractivity contribution in [3.05, 3.63) is 35.9 Å². The highest BCUT2D eigenvalue weighted by Crippen LogP contribution is 2.27. The third kappa shape index (κ3) is 7.46. The standard InChI is InChI=1S/C18H27N3OS/c22-17(13-7-12-15-8-3-1-4-9-15)20-21-18(23)19-14-16-10-5-2-6-11-16/h2,5-6,10-11,15H,1,3-4,7-9,12-14H2,(H,20,22)(H2,19,21,23). The molecule has 0 aromatic heterocycles. The molecule has 5 heteroatoms. The smallest absolute Gasteiger partial charge is 0.238 e. The molecule has 1 aromatic carbocycles. The summed E-state index contributed by atoms with van der Waals surface area (Å²) in [6.45, 7) is 0.643. The molecule has 0 spiro atoms. The summed E-state index contributed by atoms with van der Waals surface area (Å²) in [7, 11) is 0. The van der Waals surface area contributed by atoms with Crippen LogP contribution in [0.3, 0.4) is 0 Å². The molecule has 3 N–H and O–H groups in total. The average Bonchev–Trinajstić information content (AvgIpc) is 2.60. The van der Waals surface area contributed by atoms with E-state index in [0.717, 1.165) is 17.9 Å². The van der Waals surface area contributed by atoms with Crippen molar-refractivity contribution in [3.8, 4) is 0 Å². The quantitative estimate of drug-likeness (QED) is 0.551. The van der Waals surface area contributed by atoms with E-state index in [-0.39, 0.29) is 5.91 Å². The fourth-order valence-corrected chi connectivity index (χ4v) is 3.16. The molecule has 23 heavy (non-hydrogen) atoms. The molecule has 0 atom stereocenters. The van der Waals surface area contributed by atoms with Crippen molar-refractivity contribution < 1.29 is 4.79 Å². The van der Waals surface area contributed by atoms with Crippen molar-refractivity contribution in [1.29, 1.82) is 0 Å². The zero-order valence-electron chi connectivity index (χ0n) is 13.6. The van der Waals surface area contributed by atoms with Crippen LogP contribution >= 0.6 is 12.2 Å². The van der Waals surface area contributed by atoms with E-state index in [2.05, 4.69) is 16.2 Å². The van der Waals surface area contributed by atoms with Gasteiger partial charge in [-0.15, -0.1) is 0 Å². The molecule has 4 nitrogen and oxygen atoms in total. The van der Waals surface area contributed by atoms with Crippen molar-refractivity contribution >= 4 is 23.2 Å². The number of amides is 1. The normalized spacial score (nSPS) is 15.0. The SMILES string of the molecule is O=C(CCCC1CCCCC1)NNC(=S)NCc1ccccc1. The minimum atomic E-state index is 0.00432. The molecule has 0 radical (unpaired) electrons. The fourth-order valence-electron chi connectivity index (χ4n) is 3.04. The van der Waals surface area contributed by atoms with Gasteiger partial charge in [0.1, 0.15) is 0 Å². The molecular formula is C18H27N3OS. The minimum absolute atomic E-state index is 0.00432. The first-order valence-corrected chi connectivity index (χ1v) is 9.01. The first kappa shape index (κ1) is 17.7. The first-order chi connectivity index (χ1) is 11.2. The van der Waals surface area contributed by atoms with Crippen LogP contribution in [0.2, 0.25) is 0 Å². The van der Waals surface area contributed by atoms with Gasteiger partial charge in [-0.1, -0.05) is 62.4 Å². The summed E-state index contributed by atoms with van der Waals surface area (Å²) >= 11 is 5.15. The first-order valence-electron chi connectivity index (χ1n) is 8.60. The molecule has 1 aliphatic rings. The monoisotopic (exact) mass is 333 g/mol. The number of nitrogens with one attached hydrogen (secondary N) is 3. The third-order valence-electron chi connectivity index (χ3n) is 4.35. The Kier molecular flexibility index (Phi) is 7.87. The van der Waals surface area contributed by atoms with Gasteiger partial charge in [-0.2, -0.15) is 0 Å². The van der Waals surface area contributed by atoms with Crippen LogP contribution in [0.25, 0.3) is 0 Å². The maximum Gasteiger partial charge on any atom is 0.238 e. The van der Waals surface area contributed by atoms with E-state index in [1.165, 1.54) is 38.5 Å². The van der Waals surface area contributed by atoms with Gasteiger partial charge < -0.3 is 5.32 Å². The van der Waals surface area contributed by atoms with Gasteiger partial charge in [0.15, 0.2) is 5.11 Å².